The van der Waals surface area contributed by atoms with E-state index in [2.05, 4.69) is 36.4 Å². The SMILES string of the molecule is O=C(C=Cc1cc(Cl)ccc1-n1cnnn1)N[C@@H](Cc1ccccc1)C(=O)Nc1ccc2[nH]ncc2c1. The minimum absolute atomic E-state index is 0.313. The molecule has 10 nitrogen and oxygen atoms in total. The minimum Gasteiger partial charge on any atom is -0.340 e. The summed E-state index contributed by atoms with van der Waals surface area (Å²) in [6.45, 7) is 0. The van der Waals surface area contributed by atoms with Crippen LogP contribution in [0.5, 0.6) is 0 Å². The topological polar surface area (TPSA) is 130 Å². The van der Waals surface area contributed by atoms with Crippen LogP contribution in [0, 0.1) is 0 Å². The van der Waals surface area contributed by atoms with Gasteiger partial charge in [-0.1, -0.05) is 41.9 Å². The monoisotopic (exact) mass is 512 g/mol. The molecule has 0 aliphatic carbocycles. The number of aromatic nitrogens is 6. The summed E-state index contributed by atoms with van der Waals surface area (Å²) in [7, 11) is 0. The number of rotatable bonds is 8. The van der Waals surface area contributed by atoms with E-state index in [0.717, 1.165) is 16.5 Å². The Kier molecular flexibility index (Phi) is 7.00. The number of H-pyrrole nitrogens is 1. The fourth-order valence-electron chi connectivity index (χ4n) is 3.83. The Hall–Kier alpha value is -4.83. The molecule has 0 saturated heterocycles. The minimum atomic E-state index is -0.821. The van der Waals surface area contributed by atoms with Gasteiger partial charge < -0.3 is 10.6 Å². The lowest BCUT2D eigenvalue weighted by Gasteiger charge is -2.18. The quantitative estimate of drug-likeness (QED) is 0.272. The molecular weight excluding hydrogens is 492 g/mol. The summed E-state index contributed by atoms with van der Waals surface area (Å²) in [5.41, 5.74) is 3.65. The first kappa shape index (κ1) is 23.9. The first-order valence-electron chi connectivity index (χ1n) is 11.3. The maximum absolute atomic E-state index is 13.2. The normalized spacial score (nSPS) is 12.0. The number of carbonyl (C=O) groups is 2. The fourth-order valence-corrected chi connectivity index (χ4v) is 4.01. The van der Waals surface area contributed by atoms with E-state index in [4.69, 9.17) is 11.6 Å². The summed E-state index contributed by atoms with van der Waals surface area (Å²) in [4.78, 5) is 26.2. The molecule has 0 aliphatic rings. The molecule has 0 spiro atoms. The third kappa shape index (κ3) is 5.88. The van der Waals surface area contributed by atoms with Crippen LogP contribution in [-0.4, -0.2) is 48.3 Å². The van der Waals surface area contributed by atoms with Gasteiger partial charge in [0, 0.05) is 34.2 Å². The molecule has 2 heterocycles. The van der Waals surface area contributed by atoms with E-state index in [1.807, 2.05) is 42.5 Å². The van der Waals surface area contributed by atoms with E-state index < -0.39 is 11.9 Å². The van der Waals surface area contributed by atoms with Crippen molar-refractivity contribution in [2.45, 2.75) is 12.5 Å². The van der Waals surface area contributed by atoms with Crippen LogP contribution in [0.15, 0.2) is 85.3 Å². The third-order valence-electron chi connectivity index (χ3n) is 5.62. The molecule has 0 radical (unpaired) electrons. The number of hydrogen-bond donors (Lipinski definition) is 3. The number of nitrogens with zero attached hydrogens (tertiary/aromatic N) is 5. The number of amides is 2. The zero-order valence-electron chi connectivity index (χ0n) is 19.4. The van der Waals surface area contributed by atoms with E-state index in [1.165, 1.54) is 17.1 Å². The summed E-state index contributed by atoms with van der Waals surface area (Å²) in [5.74, 6) is -0.783. The summed E-state index contributed by atoms with van der Waals surface area (Å²) in [6.07, 6.45) is 6.39. The first-order chi connectivity index (χ1) is 18.0. The second-order valence-corrected chi connectivity index (χ2v) is 8.64. The van der Waals surface area contributed by atoms with Crippen LogP contribution in [0.25, 0.3) is 22.7 Å². The van der Waals surface area contributed by atoms with Gasteiger partial charge in [-0.3, -0.25) is 14.7 Å². The van der Waals surface area contributed by atoms with E-state index in [-0.39, 0.29) is 5.91 Å². The Morgan fingerprint density at radius 2 is 1.95 bits per heavy atom. The van der Waals surface area contributed by atoms with Gasteiger partial charge in [0.25, 0.3) is 0 Å². The number of anilines is 1. The van der Waals surface area contributed by atoms with Gasteiger partial charge in [0.15, 0.2) is 0 Å². The highest BCUT2D eigenvalue weighted by Crippen LogP contribution is 2.20. The summed E-state index contributed by atoms with van der Waals surface area (Å²) in [6, 6.07) is 19.2. The molecule has 1 atom stereocenters. The second kappa shape index (κ2) is 10.8. The van der Waals surface area contributed by atoms with Crippen molar-refractivity contribution in [3.05, 3.63) is 101 Å². The lowest BCUT2D eigenvalue weighted by Crippen LogP contribution is -2.44. The highest BCUT2D eigenvalue weighted by atomic mass is 35.5. The molecule has 0 aliphatic heterocycles. The summed E-state index contributed by atoms with van der Waals surface area (Å²) in [5, 5.41) is 25.2. The van der Waals surface area contributed by atoms with Crippen LogP contribution in [0.3, 0.4) is 0 Å². The predicted octanol–water partition coefficient (Wildman–Crippen LogP) is 3.57. The number of benzene rings is 3. The van der Waals surface area contributed by atoms with Gasteiger partial charge in [-0.15, -0.1) is 5.10 Å². The number of fused-ring (bicyclic) bond motifs is 1. The molecule has 184 valence electrons. The molecule has 0 saturated carbocycles. The number of carbonyl (C=O) groups excluding carboxylic acids is 2. The van der Waals surface area contributed by atoms with Crippen molar-refractivity contribution in [1.82, 2.24) is 35.7 Å². The van der Waals surface area contributed by atoms with Crippen molar-refractivity contribution in [2.24, 2.45) is 0 Å². The Bertz CT molecular complexity index is 1560. The molecule has 11 heteroatoms. The molecule has 2 amide bonds. The Balaban J connectivity index is 1.35. The van der Waals surface area contributed by atoms with Gasteiger partial charge in [-0.25, -0.2) is 0 Å². The van der Waals surface area contributed by atoms with Crippen molar-refractivity contribution in [1.29, 1.82) is 0 Å². The van der Waals surface area contributed by atoms with E-state index >= 15 is 0 Å². The van der Waals surface area contributed by atoms with Crippen molar-refractivity contribution in [3.63, 3.8) is 0 Å². The Morgan fingerprint density at radius 1 is 1.08 bits per heavy atom. The van der Waals surface area contributed by atoms with E-state index in [1.54, 1.807) is 36.5 Å². The zero-order valence-corrected chi connectivity index (χ0v) is 20.1. The maximum Gasteiger partial charge on any atom is 0.247 e. The Labute approximate surface area is 216 Å². The smallest absolute Gasteiger partial charge is 0.247 e. The average molecular weight is 513 g/mol. The maximum atomic E-state index is 13.2. The van der Waals surface area contributed by atoms with Crippen LogP contribution in [0.1, 0.15) is 11.1 Å². The molecule has 0 unspecified atom stereocenters. The Morgan fingerprint density at radius 3 is 2.76 bits per heavy atom. The van der Waals surface area contributed by atoms with Crippen molar-refractivity contribution < 1.29 is 9.59 Å². The summed E-state index contributed by atoms with van der Waals surface area (Å²) >= 11 is 6.16. The molecule has 0 fully saturated rings. The van der Waals surface area contributed by atoms with Gasteiger partial charge >= 0.3 is 0 Å². The highest BCUT2D eigenvalue weighted by molar-refractivity contribution is 6.30. The van der Waals surface area contributed by atoms with Crippen molar-refractivity contribution >= 4 is 46.1 Å². The number of nitrogens with one attached hydrogen (secondary N) is 3. The number of tetrazole rings is 1. The van der Waals surface area contributed by atoms with Gasteiger partial charge in [-0.05, 0) is 58.5 Å². The molecule has 3 aromatic carbocycles. The van der Waals surface area contributed by atoms with Gasteiger partial charge in [0.2, 0.25) is 11.8 Å². The second-order valence-electron chi connectivity index (χ2n) is 8.20. The highest BCUT2D eigenvalue weighted by Gasteiger charge is 2.21. The molecule has 2 aromatic heterocycles. The van der Waals surface area contributed by atoms with Crippen LogP contribution in [-0.2, 0) is 16.0 Å². The summed E-state index contributed by atoms with van der Waals surface area (Å²) < 4.78 is 1.47. The fraction of sp³-hybridized carbons (Fsp3) is 0.0769. The van der Waals surface area contributed by atoms with Crippen LogP contribution < -0.4 is 10.6 Å². The molecular formula is C26H21ClN8O2. The van der Waals surface area contributed by atoms with E-state index in [9.17, 15) is 9.59 Å². The van der Waals surface area contributed by atoms with Gasteiger partial charge in [-0.2, -0.15) is 9.78 Å². The van der Waals surface area contributed by atoms with Crippen LogP contribution >= 0.6 is 11.6 Å². The third-order valence-corrected chi connectivity index (χ3v) is 5.86. The molecule has 3 N–H and O–H groups in total. The number of halogens is 1. The number of aromatic amines is 1. The first-order valence-corrected chi connectivity index (χ1v) is 11.7. The van der Waals surface area contributed by atoms with Crippen molar-refractivity contribution in [3.8, 4) is 5.69 Å². The molecule has 37 heavy (non-hydrogen) atoms. The standard InChI is InChI=1S/C26H21ClN8O2/c27-20-7-10-24(35-16-29-33-34-35)18(13-20)6-11-25(36)31-23(12-17-4-2-1-3-5-17)26(37)30-21-8-9-22-19(14-21)15-28-32-22/h1-11,13-16,23H,12H2,(H,28,32)(H,30,37)(H,31,36)/t23-/m0/s1. The zero-order chi connectivity index (χ0) is 25.6. The van der Waals surface area contributed by atoms with E-state index in [0.29, 0.717) is 28.4 Å². The predicted molar refractivity (Wildman–Crippen MR) is 140 cm³/mol. The lowest BCUT2D eigenvalue weighted by molar-refractivity contribution is -0.123. The average Bonchev–Trinajstić information content (AvgIpc) is 3.60. The number of hydrogen-bond acceptors (Lipinski definition) is 6. The van der Waals surface area contributed by atoms with Crippen LogP contribution in [0.2, 0.25) is 5.02 Å². The lowest BCUT2D eigenvalue weighted by atomic mass is 10.0. The molecule has 5 aromatic rings. The molecule has 0 bridgehead atoms. The largest absolute Gasteiger partial charge is 0.340 e. The van der Waals surface area contributed by atoms with Gasteiger partial charge in [0.1, 0.15) is 12.4 Å². The van der Waals surface area contributed by atoms with Crippen molar-refractivity contribution in [2.75, 3.05) is 5.32 Å². The molecule has 5 rings (SSSR count). The van der Waals surface area contributed by atoms with Gasteiger partial charge in [0.05, 0.1) is 17.4 Å². The van der Waals surface area contributed by atoms with Crippen LogP contribution in [0.4, 0.5) is 5.69 Å².